The van der Waals surface area contributed by atoms with Crippen LogP contribution in [-0.2, 0) is 0 Å². The molecule has 2 heterocycles. The maximum Gasteiger partial charge on any atom is 0.123 e. The van der Waals surface area contributed by atoms with Gasteiger partial charge in [-0.05, 0) is 80.9 Å². The molecule has 5 nitrogen and oxygen atoms in total. The Morgan fingerprint density at radius 1 is 0.970 bits per heavy atom. The van der Waals surface area contributed by atoms with E-state index in [1.165, 1.54) is 12.1 Å². The lowest BCUT2D eigenvalue weighted by atomic mass is 10.1. The second kappa shape index (κ2) is 8.47. The van der Waals surface area contributed by atoms with Gasteiger partial charge < -0.3 is 9.88 Å². The Hall–Kier alpha value is -4.06. The predicted octanol–water partition coefficient (Wildman–Crippen LogP) is 6.03. The molecule has 33 heavy (non-hydrogen) atoms. The fourth-order valence-corrected chi connectivity index (χ4v) is 3.97. The van der Waals surface area contributed by atoms with Gasteiger partial charge in [-0.2, -0.15) is 0 Å². The van der Waals surface area contributed by atoms with Crippen molar-refractivity contribution in [3.05, 3.63) is 95.9 Å². The summed E-state index contributed by atoms with van der Waals surface area (Å²) >= 11 is 0. The Morgan fingerprint density at radius 3 is 2.52 bits per heavy atom. The molecule has 0 bridgehead atoms. The van der Waals surface area contributed by atoms with E-state index >= 15 is 0 Å². The van der Waals surface area contributed by atoms with Crippen LogP contribution in [0.15, 0.2) is 84.1 Å². The van der Waals surface area contributed by atoms with Crippen molar-refractivity contribution in [3.8, 4) is 17.1 Å². The van der Waals surface area contributed by atoms with Crippen LogP contribution < -0.4 is 10.7 Å². The van der Waals surface area contributed by atoms with Gasteiger partial charge in [0.1, 0.15) is 5.82 Å². The van der Waals surface area contributed by atoms with E-state index < -0.39 is 0 Å². The number of para-hydroxylation sites is 2. The SMILES string of the molecule is Cc1cncc(Nc2cc3nc4ccccc4n(-c4ccc(F)cc4)c-3c/c2=N\C(C)C)c1. The van der Waals surface area contributed by atoms with Crippen LogP contribution in [0.25, 0.3) is 28.1 Å². The van der Waals surface area contributed by atoms with Crippen molar-refractivity contribution >= 4 is 22.4 Å². The number of anilines is 2. The van der Waals surface area contributed by atoms with Crippen LogP contribution in [0.5, 0.6) is 0 Å². The minimum Gasteiger partial charge on any atom is -0.352 e. The molecular formula is C27H24FN5. The van der Waals surface area contributed by atoms with Crippen LogP contribution in [-0.4, -0.2) is 20.6 Å². The number of rotatable bonds is 4. The molecule has 0 unspecified atom stereocenters. The first-order valence-corrected chi connectivity index (χ1v) is 10.9. The van der Waals surface area contributed by atoms with Gasteiger partial charge in [0, 0.05) is 17.9 Å². The van der Waals surface area contributed by atoms with Gasteiger partial charge in [-0.1, -0.05) is 12.1 Å². The minimum absolute atomic E-state index is 0.103. The molecule has 0 radical (unpaired) electrons. The summed E-state index contributed by atoms with van der Waals surface area (Å²) in [6.45, 7) is 6.11. The summed E-state index contributed by atoms with van der Waals surface area (Å²) in [6, 6.07) is 20.7. The molecule has 164 valence electrons. The average Bonchev–Trinajstić information content (AvgIpc) is 2.78. The van der Waals surface area contributed by atoms with Crippen molar-refractivity contribution in [1.29, 1.82) is 0 Å². The van der Waals surface area contributed by atoms with Gasteiger partial charge in [-0.3, -0.25) is 9.98 Å². The number of aromatic nitrogens is 3. The van der Waals surface area contributed by atoms with Crippen molar-refractivity contribution in [3.63, 3.8) is 0 Å². The summed E-state index contributed by atoms with van der Waals surface area (Å²) in [5.74, 6) is -0.268. The van der Waals surface area contributed by atoms with Gasteiger partial charge in [-0.15, -0.1) is 0 Å². The van der Waals surface area contributed by atoms with E-state index in [1.54, 1.807) is 18.3 Å². The smallest absolute Gasteiger partial charge is 0.123 e. The van der Waals surface area contributed by atoms with Crippen LogP contribution in [0, 0.1) is 12.7 Å². The molecule has 0 spiro atoms. The van der Waals surface area contributed by atoms with Crippen molar-refractivity contribution in [1.82, 2.24) is 14.5 Å². The maximum absolute atomic E-state index is 13.7. The Balaban J connectivity index is 1.82. The predicted molar refractivity (Wildman–Crippen MR) is 131 cm³/mol. The largest absolute Gasteiger partial charge is 0.352 e. The highest BCUT2D eigenvalue weighted by Gasteiger charge is 2.17. The first-order chi connectivity index (χ1) is 16.0. The Kier molecular flexibility index (Phi) is 5.34. The second-order valence-corrected chi connectivity index (χ2v) is 8.37. The molecule has 2 aromatic carbocycles. The van der Waals surface area contributed by atoms with E-state index in [2.05, 4.69) is 28.7 Å². The molecule has 1 aliphatic carbocycles. The first kappa shape index (κ1) is 20.8. The molecule has 3 aromatic rings. The first-order valence-electron chi connectivity index (χ1n) is 10.9. The molecule has 5 rings (SSSR count). The quantitative estimate of drug-likeness (QED) is 0.350. The third-order valence-electron chi connectivity index (χ3n) is 5.33. The maximum atomic E-state index is 13.7. The highest BCUT2D eigenvalue weighted by atomic mass is 19.1. The monoisotopic (exact) mass is 437 g/mol. The summed E-state index contributed by atoms with van der Waals surface area (Å²) in [5, 5.41) is 4.30. The molecule has 0 saturated heterocycles. The number of halogens is 1. The van der Waals surface area contributed by atoms with E-state index in [4.69, 9.17) is 9.98 Å². The number of aryl methyl sites for hydroxylation is 1. The average molecular weight is 438 g/mol. The van der Waals surface area contributed by atoms with Gasteiger partial charge in [-0.25, -0.2) is 9.37 Å². The summed E-state index contributed by atoms with van der Waals surface area (Å²) < 4.78 is 15.8. The van der Waals surface area contributed by atoms with E-state index in [1.807, 2.05) is 55.6 Å². The molecule has 1 N–H and O–H groups in total. The van der Waals surface area contributed by atoms with Crippen LogP contribution in [0.4, 0.5) is 15.8 Å². The lowest BCUT2D eigenvalue weighted by molar-refractivity contribution is 0.627. The van der Waals surface area contributed by atoms with Crippen LogP contribution in [0.2, 0.25) is 0 Å². The molecule has 1 aromatic heterocycles. The zero-order valence-electron chi connectivity index (χ0n) is 18.7. The second-order valence-electron chi connectivity index (χ2n) is 8.37. The Morgan fingerprint density at radius 2 is 1.76 bits per heavy atom. The molecular weight excluding hydrogens is 413 g/mol. The Labute approximate surface area is 191 Å². The summed E-state index contributed by atoms with van der Waals surface area (Å²) in [5.41, 5.74) is 7.18. The van der Waals surface area contributed by atoms with Crippen molar-refractivity contribution in [2.24, 2.45) is 4.99 Å². The molecule has 6 heteroatoms. The fourth-order valence-electron chi connectivity index (χ4n) is 3.97. The number of fused-ring (bicyclic) bond motifs is 2. The molecule has 0 amide bonds. The molecule has 0 saturated carbocycles. The number of nitrogens with zero attached hydrogens (tertiary/aromatic N) is 4. The highest BCUT2D eigenvalue weighted by Crippen LogP contribution is 2.30. The van der Waals surface area contributed by atoms with Crippen molar-refractivity contribution in [2.75, 3.05) is 5.32 Å². The summed E-state index contributed by atoms with van der Waals surface area (Å²) in [6.07, 6.45) is 3.62. The van der Waals surface area contributed by atoms with E-state index in [0.29, 0.717) is 0 Å². The fraction of sp³-hybridized carbons (Fsp3) is 0.148. The number of pyridine rings is 1. The molecule has 0 atom stereocenters. The van der Waals surface area contributed by atoms with E-state index in [0.717, 1.165) is 50.4 Å². The topological polar surface area (TPSA) is 55.1 Å². The number of benzene rings is 3. The van der Waals surface area contributed by atoms with Gasteiger partial charge in [0.15, 0.2) is 0 Å². The normalized spacial score (nSPS) is 12.1. The van der Waals surface area contributed by atoms with Crippen LogP contribution >= 0.6 is 0 Å². The third-order valence-corrected chi connectivity index (χ3v) is 5.33. The lowest BCUT2D eigenvalue weighted by Crippen LogP contribution is -2.16. The van der Waals surface area contributed by atoms with E-state index in [9.17, 15) is 4.39 Å². The zero-order valence-corrected chi connectivity index (χ0v) is 18.7. The van der Waals surface area contributed by atoms with Gasteiger partial charge in [0.2, 0.25) is 0 Å². The summed E-state index contributed by atoms with van der Waals surface area (Å²) in [4.78, 5) is 14.1. The van der Waals surface area contributed by atoms with Crippen molar-refractivity contribution < 1.29 is 4.39 Å². The number of nitrogens with one attached hydrogen (secondary N) is 1. The lowest BCUT2D eigenvalue weighted by Gasteiger charge is -2.20. The molecule has 1 aliphatic heterocycles. The van der Waals surface area contributed by atoms with Gasteiger partial charge >= 0.3 is 0 Å². The molecule has 2 aliphatic rings. The molecule has 0 fully saturated rings. The number of hydrogen-bond donors (Lipinski definition) is 1. The minimum atomic E-state index is -0.268. The highest BCUT2D eigenvalue weighted by molar-refractivity contribution is 5.84. The standard InChI is InChI=1S/C27H24FN5/c1-17(2)30-24-14-27-25(13-23(24)31-20-12-18(3)15-29-16-20)32-22-6-4-5-7-26(22)33(27)21-10-8-19(28)9-11-21/h4-17,31H,1-3H3/b30-24+. The van der Waals surface area contributed by atoms with Crippen LogP contribution in [0.1, 0.15) is 19.4 Å². The zero-order chi connectivity index (χ0) is 22.9. The Bertz CT molecular complexity index is 1490. The third kappa shape index (κ3) is 4.20. The summed E-state index contributed by atoms with van der Waals surface area (Å²) in [7, 11) is 0. The van der Waals surface area contributed by atoms with Gasteiger partial charge in [0.25, 0.3) is 0 Å². The van der Waals surface area contributed by atoms with Crippen LogP contribution in [0.3, 0.4) is 0 Å². The van der Waals surface area contributed by atoms with Crippen molar-refractivity contribution in [2.45, 2.75) is 26.8 Å². The van der Waals surface area contributed by atoms with Gasteiger partial charge in [0.05, 0.1) is 45.4 Å². The number of hydrogen-bond acceptors (Lipinski definition) is 4. The van der Waals surface area contributed by atoms with E-state index in [-0.39, 0.29) is 11.9 Å².